The van der Waals surface area contributed by atoms with E-state index in [1.54, 1.807) is 41.0 Å². The van der Waals surface area contributed by atoms with E-state index in [0.29, 0.717) is 22.0 Å². The summed E-state index contributed by atoms with van der Waals surface area (Å²) in [5.41, 5.74) is 2.71. The van der Waals surface area contributed by atoms with E-state index >= 15 is 0 Å². The van der Waals surface area contributed by atoms with Gasteiger partial charge >= 0.3 is 5.97 Å². The second-order valence-electron chi connectivity index (χ2n) is 7.72. The lowest BCUT2D eigenvalue weighted by molar-refractivity contribution is -0.193. The zero-order chi connectivity index (χ0) is 22.0. The third-order valence-corrected chi connectivity index (χ3v) is 5.96. The highest BCUT2D eigenvalue weighted by atomic mass is 35.5. The van der Waals surface area contributed by atoms with Crippen LogP contribution in [-0.2, 0) is 16.1 Å². The van der Waals surface area contributed by atoms with Crippen LogP contribution in [-0.4, -0.2) is 41.7 Å². The molecule has 1 aromatic heterocycles. The number of piperidine rings is 1. The van der Waals surface area contributed by atoms with E-state index in [2.05, 4.69) is 0 Å². The summed E-state index contributed by atoms with van der Waals surface area (Å²) in [5.74, 6) is 0.153. The maximum Gasteiger partial charge on any atom is 0.329 e. The molecule has 1 aliphatic heterocycles. The van der Waals surface area contributed by atoms with Crippen molar-refractivity contribution in [3.63, 3.8) is 0 Å². The summed E-state index contributed by atoms with van der Waals surface area (Å²) in [6.45, 7) is 3.37. The Labute approximate surface area is 186 Å². The van der Waals surface area contributed by atoms with Gasteiger partial charge in [0.25, 0.3) is 5.91 Å². The maximum atomic E-state index is 13.3. The first-order chi connectivity index (χ1) is 15.0. The Morgan fingerprint density at radius 2 is 1.74 bits per heavy atom. The van der Waals surface area contributed by atoms with Crippen LogP contribution >= 0.6 is 11.6 Å². The third kappa shape index (κ3) is 4.45. The predicted molar refractivity (Wildman–Crippen MR) is 120 cm³/mol. The van der Waals surface area contributed by atoms with Crippen LogP contribution in [0, 0.1) is 6.92 Å². The van der Waals surface area contributed by atoms with Crippen molar-refractivity contribution in [1.82, 2.24) is 9.63 Å². The van der Waals surface area contributed by atoms with E-state index in [1.165, 1.54) is 0 Å². The average Bonchev–Trinajstić information content (AvgIpc) is 3.05. The van der Waals surface area contributed by atoms with Crippen LogP contribution in [0.1, 0.15) is 40.9 Å². The van der Waals surface area contributed by atoms with Gasteiger partial charge in [0.05, 0.1) is 19.0 Å². The van der Waals surface area contributed by atoms with Crippen molar-refractivity contribution in [3.8, 4) is 5.75 Å². The highest BCUT2D eigenvalue weighted by Gasteiger charge is 2.24. The van der Waals surface area contributed by atoms with Crippen LogP contribution in [0.4, 0.5) is 0 Å². The van der Waals surface area contributed by atoms with Crippen molar-refractivity contribution < 1.29 is 19.2 Å². The van der Waals surface area contributed by atoms with Gasteiger partial charge in [0.1, 0.15) is 5.75 Å². The summed E-state index contributed by atoms with van der Waals surface area (Å²) >= 11 is 5.98. The Kier molecular flexibility index (Phi) is 6.30. The maximum absolute atomic E-state index is 13.3. The molecule has 3 aromatic rings. The zero-order valence-corrected chi connectivity index (χ0v) is 18.4. The Morgan fingerprint density at radius 1 is 1.03 bits per heavy atom. The molecule has 31 heavy (non-hydrogen) atoms. The SMILES string of the molecule is COc1ccc2c(c1)c(CC(=O)ON1CCCCC1)c(C)n2C(=O)c1ccc(Cl)cc1. The molecule has 162 valence electrons. The number of rotatable bonds is 5. The van der Waals surface area contributed by atoms with Gasteiger partial charge in [0.2, 0.25) is 0 Å². The molecule has 7 heteroatoms. The van der Waals surface area contributed by atoms with Gasteiger partial charge < -0.3 is 9.57 Å². The highest BCUT2D eigenvalue weighted by molar-refractivity contribution is 6.30. The van der Waals surface area contributed by atoms with Crippen LogP contribution in [0.5, 0.6) is 5.75 Å². The lowest BCUT2D eigenvalue weighted by Gasteiger charge is -2.24. The first kappa shape index (κ1) is 21.4. The lowest BCUT2D eigenvalue weighted by atomic mass is 10.1. The van der Waals surface area contributed by atoms with Gasteiger partial charge in [-0.3, -0.25) is 9.36 Å². The van der Waals surface area contributed by atoms with Gasteiger partial charge in [0, 0.05) is 34.8 Å². The number of carbonyl (C=O) groups excluding carboxylic acids is 2. The largest absolute Gasteiger partial charge is 0.497 e. The number of halogens is 1. The van der Waals surface area contributed by atoms with Gasteiger partial charge in [-0.25, -0.2) is 4.79 Å². The zero-order valence-electron chi connectivity index (χ0n) is 17.7. The van der Waals surface area contributed by atoms with Crippen LogP contribution in [0.25, 0.3) is 10.9 Å². The number of hydrogen-bond donors (Lipinski definition) is 0. The third-order valence-electron chi connectivity index (χ3n) is 5.70. The number of methoxy groups -OCH3 is 1. The van der Waals surface area contributed by atoms with Crippen molar-refractivity contribution >= 4 is 34.4 Å². The topological polar surface area (TPSA) is 60.8 Å². The summed E-state index contributed by atoms with van der Waals surface area (Å²) < 4.78 is 7.02. The van der Waals surface area contributed by atoms with Crippen molar-refractivity contribution in [2.24, 2.45) is 0 Å². The van der Waals surface area contributed by atoms with E-state index in [4.69, 9.17) is 21.2 Å². The van der Waals surface area contributed by atoms with E-state index < -0.39 is 0 Å². The molecule has 0 radical (unpaired) electrons. The lowest BCUT2D eigenvalue weighted by Crippen LogP contribution is -2.33. The second-order valence-corrected chi connectivity index (χ2v) is 8.16. The van der Waals surface area contributed by atoms with Gasteiger partial charge in [-0.15, -0.1) is 5.06 Å². The average molecular weight is 441 g/mol. The molecular formula is C24H25ClN2O4. The highest BCUT2D eigenvalue weighted by Crippen LogP contribution is 2.31. The fourth-order valence-electron chi connectivity index (χ4n) is 4.07. The number of hydroxylamine groups is 2. The molecule has 4 rings (SSSR count). The number of fused-ring (bicyclic) bond motifs is 1. The molecule has 0 saturated carbocycles. The predicted octanol–water partition coefficient (Wildman–Crippen LogP) is 4.79. The van der Waals surface area contributed by atoms with Crippen molar-refractivity contribution in [2.45, 2.75) is 32.6 Å². The fraction of sp³-hybridized carbons (Fsp3) is 0.333. The monoisotopic (exact) mass is 440 g/mol. The molecule has 0 N–H and O–H groups in total. The van der Waals surface area contributed by atoms with Crippen LogP contribution < -0.4 is 4.74 Å². The van der Waals surface area contributed by atoms with Gasteiger partial charge in [-0.2, -0.15) is 0 Å². The molecule has 2 heterocycles. The first-order valence-electron chi connectivity index (χ1n) is 10.4. The Bertz CT molecular complexity index is 1110. The standard InChI is InChI=1S/C24H25ClN2O4/c1-16-20(15-23(28)31-26-12-4-3-5-13-26)21-14-19(30-2)10-11-22(21)27(16)24(29)17-6-8-18(25)9-7-17/h6-11,14H,3-5,12-13,15H2,1-2H3. The summed E-state index contributed by atoms with van der Waals surface area (Å²) in [6, 6.07) is 12.3. The van der Waals surface area contributed by atoms with Crippen LogP contribution in [0.3, 0.4) is 0 Å². The minimum atomic E-state index is -0.328. The van der Waals surface area contributed by atoms with Crippen LogP contribution in [0.15, 0.2) is 42.5 Å². The summed E-state index contributed by atoms with van der Waals surface area (Å²) in [5, 5.41) is 3.10. The van der Waals surface area contributed by atoms with Crippen molar-refractivity contribution in [2.75, 3.05) is 20.2 Å². The first-order valence-corrected chi connectivity index (χ1v) is 10.8. The van der Waals surface area contributed by atoms with Gasteiger partial charge in [0.15, 0.2) is 0 Å². The second kappa shape index (κ2) is 9.12. The molecule has 0 unspecified atom stereocenters. The van der Waals surface area contributed by atoms with E-state index in [9.17, 15) is 9.59 Å². The van der Waals surface area contributed by atoms with Crippen LogP contribution in [0.2, 0.25) is 5.02 Å². The Balaban J connectivity index is 1.72. The molecule has 1 saturated heterocycles. The quantitative estimate of drug-likeness (QED) is 0.571. The molecule has 0 aliphatic carbocycles. The number of benzene rings is 2. The molecule has 1 fully saturated rings. The molecular weight excluding hydrogens is 416 g/mol. The van der Waals surface area contributed by atoms with Gasteiger partial charge in [-0.1, -0.05) is 18.0 Å². The molecule has 2 aromatic carbocycles. The summed E-state index contributed by atoms with van der Waals surface area (Å²) in [7, 11) is 1.59. The molecule has 6 nitrogen and oxygen atoms in total. The Morgan fingerprint density at radius 3 is 2.42 bits per heavy atom. The summed E-state index contributed by atoms with van der Waals surface area (Å²) in [6.07, 6.45) is 3.29. The minimum Gasteiger partial charge on any atom is -0.497 e. The van der Waals surface area contributed by atoms with Gasteiger partial charge in [-0.05, 0) is 67.8 Å². The Hall–Kier alpha value is -2.83. The number of aromatic nitrogens is 1. The normalized spacial score (nSPS) is 14.5. The van der Waals surface area contributed by atoms with E-state index in [1.807, 2.05) is 25.1 Å². The van der Waals surface area contributed by atoms with E-state index in [-0.39, 0.29) is 18.3 Å². The molecule has 0 atom stereocenters. The van der Waals surface area contributed by atoms with E-state index in [0.717, 1.165) is 48.8 Å². The smallest absolute Gasteiger partial charge is 0.329 e. The number of hydrogen-bond acceptors (Lipinski definition) is 5. The fourth-order valence-corrected chi connectivity index (χ4v) is 4.20. The van der Waals surface area contributed by atoms with Crippen molar-refractivity contribution in [1.29, 1.82) is 0 Å². The van der Waals surface area contributed by atoms with Crippen molar-refractivity contribution in [3.05, 3.63) is 64.3 Å². The molecule has 0 amide bonds. The minimum absolute atomic E-state index is 0.0763. The molecule has 0 spiro atoms. The number of ether oxygens (including phenoxy) is 1. The molecule has 0 bridgehead atoms. The summed E-state index contributed by atoms with van der Waals surface area (Å²) in [4.78, 5) is 31.6. The number of nitrogens with zero attached hydrogens (tertiary/aromatic N) is 2. The molecule has 1 aliphatic rings. The number of carbonyl (C=O) groups is 2.